The van der Waals surface area contributed by atoms with Gasteiger partial charge in [0.1, 0.15) is 0 Å². The molecule has 0 aromatic carbocycles. The average Bonchev–Trinajstić information content (AvgIpc) is 2.47. The van der Waals surface area contributed by atoms with E-state index in [-0.39, 0.29) is 0 Å². The second-order valence-corrected chi connectivity index (χ2v) is 7.72. The van der Waals surface area contributed by atoms with E-state index >= 15 is 0 Å². The molecule has 0 rings (SSSR count). The van der Waals surface area contributed by atoms with Crippen LogP contribution in [0.1, 0.15) is 103 Å². The van der Waals surface area contributed by atoms with Gasteiger partial charge < -0.3 is 0 Å². The Morgan fingerprint density at radius 3 is 0.900 bits per heavy atom. The molecule has 20 heavy (non-hydrogen) atoms. The van der Waals surface area contributed by atoms with Crippen LogP contribution in [0.2, 0.25) is 6.04 Å². The minimum absolute atomic E-state index is 0.847. The molecule has 0 amide bonds. The third-order valence-corrected chi connectivity index (χ3v) is 5.21. The summed E-state index contributed by atoms with van der Waals surface area (Å²) >= 11 is 5.67. The van der Waals surface area contributed by atoms with Gasteiger partial charge >= 0.3 is 0 Å². The van der Waals surface area contributed by atoms with Crippen molar-refractivity contribution in [3.8, 4) is 0 Å². The SMILES string of the molecule is [SiH3]CCCCCCCCCCCCCCCCCCCl. The first kappa shape index (κ1) is 20.5. The first-order valence-electron chi connectivity index (χ1n) is 9.47. The van der Waals surface area contributed by atoms with Gasteiger partial charge in [0.05, 0.1) is 0 Å². The van der Waals surface area contributed by atoms with Gasteiger partial charge in [0, 0.05) is 16.1 Å². The van der Waals surface area contributed by atoms with E-state index < -0.39 is 0 Å². The van der Waals surface area contributed by atoms with Crippen LogP contribution in [0.3, 0.4) is 0 Å². The van der Waals surface area contributed by atoms with Gasteiger partial charge in [-0.15, -0.1) is 11.6 Å². The van der Waals surface area contributed by atoms with Gasteiger partial charge in [-0.2, -0.15) is 0 Å². The number of hydrogen-bond donors (Lipinski definition) is 0. The van der Waals surface area contributed by atoms with Crippen LogP contribution in [0.5, 0.6) is 0 Å². The Labute approximate surface area is 136 Å². The topological polar surface area (TPSA) is 0 Å². The van der Waals surface area contributed by atoms with Gasteiger partial charge in [0.2, 0.25) is 0 Å². The minimum Gasteiger partial charge on any atom is -0.127 e. The number of unbranched alkanes of at least 4 members (excludes halogenated alkanes) is 15. The van der Waals surface area contributed by atoms with E-state index in [1.54, 1.807) is 0 Å². The maximum absolute atomic E-state index is 5.67. The normalized spacial score (nSPS) is 11.2. The van der Waals surface area contributed by atoms with Crippen LogP contribution in [0.4, 0.5) is 0 Å². The molecule has 2 heteroatoms. The summed E-state index contributed by atoms with van der Waals surface area (Å²) in [5, 5.41) is 0. The Bertz CT molecular complexity index is 143. The fraction of sp³-hybridized carbons (Fsp3) is 1.00. The van der Waals surface area contributed by atoms with Crippen molar-refractivity contribution in [1.82, 2.24) is 0 Å². The molecule has 0 unspecified atom stereocenters. The Balaban J connectivity index is 2.89. The zero-order valence-corrected chi connectivity index (χ0v) is 16.9. The van der Waals surface area contributed by atoms with Crippen molar-refractivity contribution in [2.75, 3.05) is 5.88 Å². The fourth-order valence-electron chi connectivity index (χ4n) is 2.82. The summed E-state index contributed by atoms with van der Waals surface area (Å²) in [6.45, 7) is 0. The molecular formula is C18H39ClSi. The van der Waals surface area contributed by atoms with Gasteiger partial charge in [-0.05, 0) is 6.42 Å². The highest BCUT2D eigenvalue weighted by Gasteiger charge is 1.94. The Morgan fingerprint density at radius 1 is 0.400 bits per heavy atom. The van der Waals surface area contributed by atoms with Crippen LogP contribution in [-0.4, -0.2) is 16.1 Å². The highest BCUT2D eigenvalue weighted by molar-refractivity contribution is 6.17. The fourth-order valence-corrected chi connectivity index (χ4v) is 3.51. The molecule has 0 bridgehead atoms. The highest BCUT2D eigenvalue weighted by atomic mass is 35.5. The van der Waals surface area contributed by atoms with Crippen molar-refractivity contribution >= 4 is 21.8 Å². The summed E-state index contributed by atoms with van der Waals surface area (Å²) in [6.07, 6.45) is 23.1. The molecule has 0 spiro atoms. The first-order valence-corrected chi connectivity index (χ1v) is 11.4. The molecule has 0 aliphatic heterocycles. The summed E-state index contributed by atoms with van der Waals surface area (Å²) in [5.41, 5.74) is 0. The second kappa shape index (κ2) is 19.5. The van der Waals surface area contributed by atoms with E-state index in [2.05, 4.69) is 0 Å². The average molecular weight is 319 g/mol. The van der Waals surface area contributed by atoms with Crippen LogP contribution >= 0.6 is 11.6 Å². The van der Waals surface area contributed by atoms with Crippen molar-refractivity contribution < 1.29 is 0 Å². The standard InChI is InChI=1S/C18H39ClSi/c19-17-15-13-11-9-7-5-3-1-2-4-6-8-10-12-14-16-18-20/h1-18H2,20H3. The van der Waals surface area contributed by atoms with Gasteiger partial charge in [-0.3, -0.25) is 0 Å². The lowest BCUT2D eigenvalue weighted by Gasteiger charge is -2.03. The molecule has 0 aliphatic rings. The van der Waals surface area contributed by atoms with Crippen LogP contribution in [0.15, 0.2) is 0 Å². The number of hydrogen-bond acceptors (Lipinski definition) is 0. The molecule has 122 valence electrons. The molecule has 0 aromatic rings. The molecule has 0 saturated carbocycles. The van der Waals surface area contributed by atoms with E-state index in [1.165, 1.54) is 119 Å². The minimum atomic E-state index is 0.847. The summed E-state index contributed by atoms with van der Waals surface area (Å²) in [4.78, 5) is 0. The van der Waals surface area contributed by atoms with Gasteiger partial charge in [0.15, 0.2) is 0 Å². The smallest absolute Gasteiger partial charge is 0.0223 e. The van der Waals surface area contributed by atoms with Crippen LogP contribution in [-0.2, 0) is 0 Å². The first-order chi connectivity index (χ1) is 9.91. The molecule has 0 N–H and O–H groups in total. The summed E-state index contributed by atoms with van der Waals surface area (Å²) in [6, 6.07) is 1.51. The summed E-state index contributed by atoms with van der Waals surface area (Å²) in [5.74, 6) is 0.847. The van der Waals surface area contributed by atoms with Crippen LogP contribution in [0.25, 0.3) is 0 Å². The Morgan fingerprint density at radius 2 is 0.650 bits per heavy atom. The van der Waals surface area contributed by atoms with E-state index in [0.717, 1.165) is 5.88 Å². The number of alkyl halides is 1. The molecule has 0 saturated heterocycles. The lowest BCUT2D eigenvalue weighted by molar-refractivity contribution is 0.531. The Hall–Kier alpha value is 0.507. The lowest BCUT2D eigenvalue weighted by atomic mass is 10.0. The molecule has 0 aliphatic carbocycles. The van der Waals surface area contributed by atoms with E-state index in [0.29, 0.717) is 0 Å². The largest absolute Gasteiger partial charge is 0.127 e. The third kappa shape index (κ3) is 18.5. The predicted molar refractivity (Wildman–Crippen MR) is 99.3 cm³/mol. The lowest BCUT2D eigenvalue weighted by Crippen LogP contribution is -1.84. The molecule has 0 fully saturated rings. The third-order valence-electron chi connectivity index (χ3n) is 4.24. The summed E-state index contributed by atoms with van der Waals surface area (Å²) < 4.78 is 0. The quantitative estimate of drug-likeness (QED) is 0.169. The van der Waals surface area contributed by atoms with E-state index in [4.69, 9.17) is 11.6 Å². The van der Waals surface area contributed by atoms with Gasteiger partial charge in [-0.25, -0.2) is 0 Å². The van der Waals surface area contributed by atoms with E-state index in [9.17, 15) is 0 Å². The molecule has 0 radical (unpaired) electrons. The van der Waals surface area contributed by atoms with Crippen molar-refractivity contribution in [2.45, 2.75) is 109 Å². The van der Waals surface area contributed by atoms with Crippen molar-refractivity contribution in [1.29, 1.82) is 0 Å². The van der Waals surface area contributed by atoms with E-state index in [1.807, 2.05) is 0 Å². The number of rotatable bonds is 17. The monoisotopic (exact) mass is 318 g/mol. The van der Waals surface area contributed by atoms with Crippen molar-refractivity contribution in [3.05, 3.63) is 0 Å². The van der Waals surface area contributed by atoms with Crippen LogP contribution < -0.4 is 0 Å². The predicted octanol–water partition coefficient (Wildman–Crippen LogP) is 6.25. The van der Waals surface area contributed by atoms with Gasteiger partial charge in [0.25, 0.3) is 0 Å². The number of halogens is 1. The molecular weight excluding hydrogens is 280 g/mol. The van der Waals surface area contributed by atoms with Crippen molar-refractivity contribution in [3.63, 3.8) is 0 Å². The molecule has 0 aromatic heterocycles. The zero-order valence-electron chi connectivity index (χ0n) is 14.1. The maximum atomic E-state index is 5.67. The van der Waals surface area contributed by atoms with Gasteiger partial charge in [-0.1, -0.05) is 102 Å². The Kier molecular flexibility index (Phi) is 20.0. The molecule has 0 nitrogen and oxygen atoms in total. The van der Waals surface area contributed by atoms with Crippen LogP contribution in [0, 0.1) is 0 Å². The maximum Gasteiger partial charge on any atom is 0.0223 e. The molecule has 0 heterocycles. The second-order valence-electron chi connectivity index (χ2n) is 6.35. The zero-order chi connectivity index (χ0) is 14.7. The summed E-state index contributed by atoms with van der Waals surface area (Å²) in [7, 11) is 1.40. The van der Waals surface area contributed by atoms with Crippen molar-refractivity contribution in [2.24, 2.45) is 0 Å². The highest BCUT2D eigenvalue weighted by Crippen LogP contribution is 2.13. The molecule has 0 atom stereocenters.